The quantitative estimate of drug-likeness (QED) is 0.375. The lowest BCUT2D eigenvalue weighted by Crippen LogP contribution is -2.39. The molecule has 162 valence electrons. The lowest BCUT2D eigenvalue weighted by Gasteiger charge is -2.24. The van der Waals surface area contributed by atoms with E-state index in [0.717, 1.165) is 39.9 Å². The highest BCUT2D eigenvalue weighted by molar-refractivity contribution is 8.00. The molecule has 3 rings (SSSR count). The summed E-state index contributed by atoms with van der Waals surface area (Å²) in [4.78, 5) is 23.3. The molecule has 7 heteroatoms. The highest BCUT2D eigenvalue weighted by Crippen LogP contribution is 2.30. The zero-order chi connectivity index (χ0) is 20.8. The lowest BCUT2D eigenvalue weighted by atomic mass is 10.2. The van der Waals surface area contributed by atoms with Crippen LogP contribution in [-0.2, 0) is 4.79 Å². The summed E-state index contributed by atoms with van der Waals surface area (Å²) in [5, 5.41) is 0.798. The predicted molar refractivity (Wildman–Crippen MR) is 134 cm³/mol. The number of carbonyl (C=O) groups is 1. The van der Waals surface area contributed by atoms with Crippen molar-refractivity contribution in [1.29, 1.82) is 0 Å². The molecular weight excluding hydrogens is 434 g/mol. The first-order valence-electron chi connectivity index (χ1n) is 10.1. The summed E-state index contributed by atoms with van der Waals surface area (Å²) in [5.74, 6) is 0.523. The third-order valence-corrected chi connectivity index (χ3v) is 7.02. The number of anilines is 1. The van der Waals surface area contributed by atoms with Crippen molar-refractivity contribution < 1.29 is 4.79 Å². The van der Waals surface area contributed by atoms with E-state index in [1.165, 1.54) is 11.1 Å². The van der Waals surface area contributed by atoms with E-state index in [-0.39, 0.29) is 18.3 Å². The minimum atomic E-state index is 0. The standard InChI is InChI=1S/C23H29N3OS2.ClH/c1-5-25(6-2)13-14-26(22(27)16-28-19-10-7-17(3)8-11-19)23-24-20-12-9-18(4)15-21(20)29-23;/h7-12,15H,5-6,13-14,16H2,1-4H3;1H. The number of nitrogens with zero attached hydrogens (tertiary/aromatic N) is 3. The first-order valence-corrected chi connectivity index (χ1v) is 11.9. The molecule has 0 bridgehead atoms. The van der Waals surface area contributed by atoms with Gasteiger partial charge < -0.3 is 4.90 Å². The van der Waals surface area contributed by atoms with E-state index in [1.807, 2.05) is 11.0 Å². The Morgan fingerprint density at radius 1 is 1.00 bits per heavy atom. The number of thioether (sulfide) groups is 1. The Labute approximate surface area is 194 Å². The minimum Gasteiger partial charge on any atom is -0.302 e. The van der Waals surface area contributed by atoms with Crippen LogP contribution in [0.2, 0.25) is 0 Å². The number of hydrogen-bond acceptors (Lipinski definition) is 5. The third-order valence-electron chi connectivity index (χ3n) is 4.98. The monoisotopic (exact) mass is 463 g/mol. The molecule has 2 aromatic carbocycles. The van der Waals surface area contributed by atoms with Crippen LogP contribution >= 0.6 is 35.5 Å². The molecule has 4 nitrogen and oxygen atoms in total. The Morgan fingerprint density at radius 3 is 2.33 bits per heavy atom. The van der Waals surface area contributed by atoms with Crippen LogP contribution in [0.1, 0.15) is 25.0 Å². The summed E-state index contributed by atoms with van der Waals surface area (Å²) < 4.78 is 1.13. The van der Waals surface area contributed by atoms with Crippen LogP contribution in [0.4, 0.5) is 5.13 Å². The lowest BCUT2D eigenvalue weighted by molar-refractivity contribution is -0.116. The van der Waals surface area contributed by atoms with Crippen LogP contribution in [0, 0.1) is 13.8 Å². The molecular formula is C23H30ClN3OS2. The van der Waals surface area contributed by atoms with Gasteiger partial charge in [-0.25, -0.2) is 4.98 Å². The fourth-order valence-corrected chi connectivity index (χ4v) is 4.98. The Bertz CT molecular complexity index is 955. The summed E-state index contributed by atoms with van der Waals surface area (Å²) in [6.07, 6.45) is 0. The number of hydrogen-bond donors (Lipinski definition) is 0. The zero-order valence-electron chi connectivity index (χ0n) is 18.1. The van der Waals surface area contributed by atoms with Crippen LogP contribution in [0.25, 0.3) is 10.2 Å². The molecule has 0 aliphatic rings. The molecule has 1 amide bonds. The third kappa shape index (κ3) is 6.45. The normalized spacial score (nSPS) is 11.0. The van der Waals surface area contributed by atoms with Crippen molar-refractivity contribution >= 4 is 56.8 Å². The number of likely N-dealkylation sites (N-methyl/N-ethyl adjacent to an activating group) is 1. The number of fused-ring (bicyclic) bond motifs is 1. The van der Waals surface area contributed by atoms with Gasteiger partial charge in [0.05, 0.1) is 16.0 Å². The molecule has 0 N–H and O–H groups in total. The van der Waals surface area contributed by atoms with Gasteiger partial charge in [0.2, 0.25) is 5.91 Å². The van der Waals surface area contributed by atoms with Crippen molar-refractivity contribution in [3.05, 3.63) is 53.6 Å². The first-order chi connectivity index (χ1) is 14.0. The van der Waals surface area contributed by atoms with Crippen LogP contribution in [0.3, 0.4) is 0 Å². The van der Waals surface area contributed by atoms with Gasteiger partial charge in [-0.2, -0.15) is 0 Å². The van der Waals surface area contributed by atoms with Crippen molar-refractivity contribution in [2.24, 2.45) is 0 Å². The fourth-order valence-electron chi connectivity index (χ4n) is 3.10. The average molecular weight is 464 g/mol. The summed E-state index contributed by atoms with van der Waals surface area (Å²) in [5.41, 5.74) is 3.40. The molecule has 30 heavy (non-hydrogen) atoms. The number of amides is 1. The van der Waals surface area contributed by atoms with Crippen molar-refractivity contribution in [3.8, 4) is 0 Å². The van der Waals surface area contributed by atoms with Gasteiger partial charge >= 0.3 is 0 Å². The minimum absolute atomic E-state index is 0. The highest BCUT2D eigenvalue weighted by atomic mass is 35.5. The van der Waals surface area contributed by atoms with Gasteiger partial charge in [-0.15, -0.1) is 24.2 Å². The summed E-state index contributed by atoms with van der Waals surface area (Å²) in [7, 11) is 0. The Kier molecular flexibility index (Phi) is 9.62. The molecule has 0 saturated carbocycles. The first kappa shape index (κ1) is 24.7. The summed E-state index contributed by atoms with van der Waals surface area (Å²) >= 11 is 3.19. The van der Waals surface area contributed by atoms with E-state index in [1.54, 1.807) is 23.1 Å². The molecule has 0 aliphatic heterocycles. The van der Waals surface area contributed by atoms with E-state index in [9.17, 15) is 4.79 Å². The number of thiazole rings is 1. The number of carbonyl (C=O) groups excluding carboxylic acids is 1. The number of rotatable bonds is 9. The topological polar surface area (TPSA) is 36.4 Å². The maximum absolute atomic E-state index is 13.2. The van der Waals surface area contributed by atoms with Crippen molar-refractivity contribution in [1.82, 2.24) is 9.88 Å². The van der Waals surface area contributed by atoms with Gasteiger partial charge in [0, 0.05) is 18.0 Å². The molecule has 0 saturated heterocycles. The molecule has 1 aromatic heterocycles. The van der Waals surface area contributed by atoms with E-state index in [0.29, 0.717) is 12.3 Å². The zero-order valence-corrected chi connectivity index (χ0v) is 20.5. The van der Waals surface area contributed by atoms with Crippen LogP contribution in [-0.4, -0.2) is 47.7 Å². The molecule has 0 fully saturated rings. The largest absolute Gasteiger partial charge is 0.302 e. The number of aromatic nitrogens is 1. The van der Waals surface area contributed by atoms with Gasteiger partial charge in [0.25, 0.3) is 0 Å². The fraction of sp³-hybridized carbons (Fsp3) is 0.391. The maximum atomic E-state index is 13.2. The number of halogens is 1. The molecule has 3 aromatic rings. The summed E-state index contributed by atoms with van der Waals surface area (Å²) in [6.45, 7) is 11.9. The Morgan fingerprint density at radius 2 is 1.67 bits per heavy atom. The SMILES string of the molecule is CCN(CC)CCN(C(=O)CSc1ccc(C)cc1)c1nc2ccc(C)cc2s1.Cl. The van der Waals surface area contributed by atoms with Crippen molar-refractivity contribution in [2.75, 3.05) is 36.8 Å². The average Bonchev–Trinajstić information content (AvgIpc) is 3.13. The van der Waals surface area contributed by atoms with E-state index >= 15 is 0 Å². The van der Waals surface area contributed by atoms with Gasteiger partial charge in [0.1, 0.15) is 0 Å². The Hall–Kier alpha value is -1.60. The molecule has 0 atom stereocenters. The second kappa shape index (κ2) is 11.7. The van der Waals surface area contributed by atoms with E-state index in [4.69, 9.17) is 4.98 Å². The summed E-state index contributed by atoms with van der Waals surface area (Å²) in [6, 6.07) is 14.6. The second-order valence-electron chi connectivity index (χ2n) is 7.14. The second-order valence-corrected chi connectivity index (χ2v) is 9.20. The van der Waals surface area contributed by atoms with Crippen molar-refractivity contribution in [3.63, 3.8) is 0 Å². The predicted octanol–water partition coefficient (Wildman–Crippen LogP) is 5.80. The van der Waals surface area contributed by atoms with Crippen molar-refractivity contribution in [2.45, 2.75) is 32.6 Å². The van der Waals surface area contributed by atoms with Gasteiger partial charge in [-0.05, 0) is 56.8 Å². The highest BCUT2D eigenvalue weighted by Gasteiger charge is 2.20. The molecule has 0 radical (unpaired) electrons. The van der Waals surface area contributed by atoms with E-state index in [2.05, 4.69) is 69.0 Å². The Balaban J connectivity index is 0.00000320. The molecule has 1 heterocycles. The van der Waals surface area contributed by atoms with Crippen LogP contribution < -0.4 is 4.90 Å². The number of aryl methyl sites for hydroxylation is 2. The molecule has 0 spiro atoms. The molecule has 0 aliphatic carbocycles. The van der Waals surface area contributed by atoms with Gasteiger partial charge in [-0.1, -0.05) is 48.9 Å². The molecule has 0 unspecified atom stereocenters. The van der Waals surface area contributed by atoms with Crippen LogP contribution in [0.15, 0.2) is 47.4 Å². The van der Waals surface area contributed by atoms with Crippen LogP contribution in [0.5, 0.6) is 0 Å². The number of benzene rings is 2. The van der Waals surface area contributed by atoms with E-state index < -0.39 is 0 Å². The smallest absolute Gasteiger partial charge is 0.239 e. The van der Waals surface area contributed by atoms with Gasteiger partial charge in [0.15, 0.2) is 5.13 Å². The maximum Gasteiger partial charge on any atom is 0.239 e. The van der Waals surface area contributed by atoms with Gasteiger partial charge in [-0.3, -0.25) is 9.69 Å².